The van der Waals surface area contributed by atoms with Gasteiger partial charge in [0.1, 0.15) is 5.01 Å². The first-order chi connectivity index (χ1) is 14.5. The molecule has 0 spiro atoms. The van der Waals surface area contributed by atoms with Crippen molar-refractivity contribution in [2.75, 3.05) is 18.4 Å². The minimum atomic E-state index is -0.301. The molecule has 0 unspecified atom stereocenters. The molecule has 1 N–H and O–H groups in total. The Balaban J connectivity index is 1.43. The fourth-order valence-corrected chi connectivity index (χ4v) is 4.52. The third kappa shape index (κ3) is 4.68. The molecule has 1 aliphatic rings. The summed E-state index contributed by atoms with van der Waals surface area (Å²) < 4.78 is 0. The van der Waals surface area contributed by atoms with Crippen LogP contribution in [-0.4, -0.2) is 40.0 Å². The van der Waals surface area contributed by atoms with Gasteiger partial charge >= 0.3 is 0 Å². The number of amides is 2. The molecule has 2 aromatic carbocycles. The maximum atomic E-state index is 12.9. The summed E-state index contributed by atoms with van der Waals surface area (Å²) in [6.45, 7) is 3.29. The van der Waals surface area contributed by atoms with Crippen molar-refractivity contribution in [2.45, 2.75) is 25.7 Å². The Morgan fingerprint density at radius 3 is 2.73 bits per heavy atom. The number of nitrogens with zero attached hydrogens (tertiary/aromatic N) is 3. The molecule has 1 saturated heterocycles. The minimum Gasteiger partial charge on any atom is -0.338 e. The zero-order valence-electron chi connectivity index (χ0n) is 16.5. The molecular formula is C22H21ClN4O2S. The van der Waals surface area contributed by atoms with Crippen molar-refractivity contribution in [3.05, 3.63) is 74.7 Å². The Bertz CT molecular complexity index is 1070. The first-order valence-corrected chi connectivity index (χ1v) is 11.0. The summed E-state index contributed by atoms with van der Waals surface area (Å²) in [7, 11) is 0. The topological polar surface area (TPSA) is 75.2 Å². The summed E-state index contributed by atoms with van der Waals surface area (Å²) in [6, 6.07) is 14.5. The molecule has 3 aromatic rings. The van der Waals surface area contributed by atoms with Crippen LogP contribution in [-0.2, 0) is 0 Å². The van der Waals surface area contributed by atoms with Gasteiger partial charge in [0.2, 0.25) is 5.01 Å². The first-order valence-electron chi connectivity index (χ1n) is 9.76. The molecule has 6 nitrogen and oxygen atoms in total. The van der Waals surface area contributed by atoms with Crippen molar-refractivity contribution in [1.82, 2.24) is 15.1 Å². The molecule has 1 fully saturated rings. The number of hydrogen-bond acceptors (Lipinski definition) is 5. The van der Waals surface area contributed by atoms with E-state index in [1.807, 2.05) is 36.1 Å². The summed E-state index contributed by atoms with van der Waals surface area (Å²) in [4.78, 5) is 27.2. The number of likely N-dealkylation sites (tertiary alicyclic amines) is 1. The molecule has 8 heteroatoms. The summed E-state index contributed by atoms with van der Waals surface area (Å²) in [5.41, 5.74) is 2.42. The number of aromatic nitrogens is 2. The summed E-state index contributed by atoms with van der Waals surface area (Å²) in [5, 5.41) is 12.8. The van der Waals surface area contributed by atoms with Crippen LogP contribution < -0.4 is 5.32 Å². The molecule has 154 valence electrons. The zero-order chi connectivity index (χ0) is 21.1. The molecule has 2 amide bonds. The fraction of sp³-hybridized carbons (Fsp3) is 0.273. The molecule has 0 bridgehead atoms. The molecule has 0 aliphatic carbocycles. The van der Waals surface area contributed by atoms with Crippen molar-refractivity contribution in [3.63, 3.8) is 0 Å². The molecule has 1 atom stereocenters. The van der Waals surface area contributed by atoms with Gasteiger partial charge in [-0.25, -0.2) is 0 Å². The van der Waals surface area contributed by atoms with Gasteiger partial charge in [-0.3, -0.25) is 9.59 Å². The number of halogens is 1. The lowest BCUT2D eigenvalue weighted by Crippen LogP contribution is -2.39. The van der Waals surface area contributed by atoms with Crippen LogP contribution in [0.25, 0.3) is 0 Å². The lowest BCUT2D eigenvalue weighted by molar-refractivity contribution is 0.0706. The van der Waals surface area contributed by atoms with Gasteiger partial charge in [-0.1, -0.05) is 40.6 Å². The molecular weight excluding hydrogens is 420 g/mol. The van der Waals surface area contributed by atoms with Gasteiger partial charge in [-0.2, -0.15) is 0 Å². The van der Waals surface area contributed by atoms with Crippen LogP contribution in [0, 0.1) is 6.92 Å². The van der Waals surface area contributed by atoms with Crippen molar-refractivity contribution in [1.29, 1.82) is 0 Å². The van der Waals surface area contributed by atoms with Crippen LogP contribution in [0.3, 0.4) is 0 Å². The van der Waals surface area contributed by atoms with Crippen molar-refractivity contribution >= 4 is 40.4 Å². The molecule has 1 aliphatic heterocycles. The van der Waals surface area contributed by atoms with Crippen LogP contribution in [0.15, 0.2) is 48.5 Å². The number of hydrogen-bond donors (Lipinski definition) is 1. The van der Waals surface area contributed by atoms with Gasteiger partial charge in [0, 0.05) is 35.3 Å². The maximum absolute atomic E-state index is 12.9. The lowest BCUT2D eigenvalue weighted by atomic mass is 9.98. The smallest absolute Gasteiger partial charge is 0.286 e. The van der Waals surface area contributed by atoms with Gasteiger partial charge in [0.15, 0.2) is 0 Å². The highest BCUT2D eigenvalue weighted by molar-refractivity contribution is 7.13. The van der Waals surface area contributed by atoms with Crippen LogP contribution >= 0.6 is 22.9 Å². The summed E-state index contributed by atoms with van der Waals surface area (Å²) in [5.74, 6) is -0.180. The van der Waals surface area contributed by atoms with E-state index in [0.717, 1.165) is 30.0 Å². The Labute approximate surface area is 183 Å². The summed E-state index contributed by atoms with van der Waals surface area (Å²) in [6.07, 6.45) is 1.82. The molecule has 30 heavy (non-hydrogen) atoms. The number of piperidine rings is 1. The minimum absolute atomic E-state index is 0.0358. The van der Waals surface area contributed by atoms with E-state index in [0.29, 0.717) is 27.8 Å². The predicted molar refractivity (Wildman–Crippen MR) is 118 cm³/mol. The second kappa shape index (κ2) is 8.93. The van der Waals surface area contributed by atoms with Crippen LogP contribution in [0.5, 0.6) is 0 Å². The third-order valence-corrected chi connectivity index (χ3v) is 6.40. The number of carbonyl (C=O) groups excluding carboxylic acids is 2. The monoisotopic (exact) mass is 440 g/mol. The second-order valence-electron chi connectivity index (χ2n) is 7.37. The number of anilines is 1. The maximum Gasteiger partial charge on any atom is 0.286 e. The van der Waals surface area contributed by atoms with E-state index in [1.54, 1.807) is 24.3 Å². The van der Waals surface area contributed by atoms with E-state index in [4.69, 9.17) is 11.6 Å². The van der Waals surface area contributed by atoms with Crippen LogP contribution in [0.1, 0.15) is 49.5 Å². The van der Waals surface area contributed by atoms with E-state index >= 15 is 0 Å². The average Bonchev–Trinajstić information content (AvgIpc) is 3.25. The van der Waals surface area contributed by atoms with Crippen LogP contribution in [0.2, 0.25) is 5.02 Å². The first kappa shape index (κ1) is 20.5. The number of nitrogens with one attached hydrogen (secondary N) is 1. The Hall–Kier alpha value is -2.77. The number of benzene rings is 2. The Morgan fingerprint density at radius 2 is 1.97 bits per heavy atom. The highest BCUT2D eigenvalue weighted by Gasteiger charge is 2.28. The second-order valence-corrected chi connectivity index (χ2v) is 8.81. The van der Waals surface area contributed by atoms with Gasteiger partial charge in [-0.15, -0.1) is 10.2 Å². The van der Waals surface area contributed by atoms with Gasteiger partial charge in [0.05, 0.1) is 0 Å². The van der Waals surface area contributed by atoms with E-state index in [1.165, 1.54) is 11.3 Å². The summed E-state index contributed by atoms with van der Waals surface area (Å²) >= 11 is 7.16. The average molecular weight is 441 g/mol. The van der Waals surface area contributed by atoms with E-state index in [-0.39, 0.29) is 17.7 Å². The Morgan fingerprint density at radius 1 is 1.17 bits per heavy atom. The van der Waals surface area contributed by atoms with E-state index in [9.17, 15) is 9.59 Å². The van der Waals surface area contributed by atoms with Crippen molar-refractivity contribution in [2.24, 2.45) is 0 Å². The third-order valence-electron chi connectivity index (χ3n) is 5.06. The van der Waals surface area contributed by atoms with Gasteiger partial charge in [-0.05, 0) is 56.2 Å². The predicted octanol–water partition coefficient (Wildman–Crippen LogP) is 4.77. The van der Waals surface area contributed by atoms with Crippen molar-refractivity contribution < 1.29 is 9.59 Å². The largest absolute Gasteiger partial charge is 0.338 e. The van der Waals surface area contributed by atoms with E-state index < -0.39 is 0 Å². The fourth-order valence-electron chi connectivity index (χ4n) is 3.53. The van der Waals surface area contributed by atoms with Crippen LogP contribution in [0.4, 0.5) is 5.69 Å². The quantitative estimate of drug-likeness (QED) is 0.633. The zero-order valence-corrected chi connectivity index (χ0v) is 18.0. The molecule has 0 radical (unpaired) electrons. The normalized spacial score (nSPS) is 16.3. The van der Waals surface area contributed by atoms with E-state index in [2.05, 4.69) is 15.5 Å². The number of carbonyl (C=O) groups is 2. The lowest BCUT2D eigenvalue weighted by Gasteiger charge is -2.31. The molecule has 2 heterocycles. The standard InChI is InChI=1S/C22H21ClN4O2S/c1-14-4-2-5-15(12-14)22(29)27-11-3-6-16(13-27)20-25-26-21(30-20)19(28)24-18-9-7-17(23)8-10-18/h2,4-5,7-10,12,16H,3,6,11,13H2,1H3,(H,24,28)/t16-/m0/s1. The molecule has 1 aromatic heterocycles. The van der Waals surface area contributed by atoms with Crippen molar-refractivity contribution in [3.8, 4) is 0 Å². The molecule has 0 saturated carbocycles. The van der Waals surface area contributed by atoms with Gasteiger partial charge < -0.3 is 10.2 Å². The highest BCUT2D eigenvalue weighted by atomic mass is 35.5. The number of aryl methyl sites for hydroxylation is 1. The Kier molecular flexibility index (Phi) is 6.11. The highest BCUT2D eigenvalue weighted by Crippen LogP contribution is 2.30. The molecule has 4 rings (SSSR count). The van der Waals surface area contributed by atoms with Gasteiger partial charge in [0.25, 0.3) is 11.8 Å². The number of rotatable bonds is 4. The SMILES string of the molecule is Cc1cccc(C(=O)N2CCC[C@H](c3nnc(C(=O)Nc4ccc(Cl)cc4)s3)C2)c1.